The van der Waals surface area contributed by atoms with Gasteiger partial charge in [-0.2, -0.15) is 26.3 Å². The van der Waals surface area contributed by atoms with E-state index >= 15 is 0 Å². The number of benzene rings is 3. The summed E-state index contributed by atoms with van der Waals surface area (Å²) in [4.78, 5) is 27.3. The maximum Gasteiger partial charge on any atom is 0.430 e. The van der Waals surface area contributed by atoms with Gasteiger partial charge >= 0.3 is 18.4 Å². The normalized spacial score (nSPS) is 17.0. The summed E-state index contributed by atoms with van der Waals surface area (Å²) in [6.07, 6.45) is -7.01. The summed E-state index contributed by atoms with van der Waals surface area (Å²) in [5, 5.41) is 13.0. The molecule has 1 atom stereocenters. The Morgan fingerprint density at radius 3 is 2.12 bits per heavy atom. The number of nitrogens with one attached hydrogen (secondary N) is 1. The Morgan fingerprint density at radius 1 is 0.880 bits per heavy atom. The summed E-state index contributed by atoms with van der Waals surface area (Å²) in [6, 6.07) is 16.0. The minimum absolute atomic E-state index is 0.000345. The number of unbranched alkanes of at least 4 members (excludes halogenated alkanes) is 2. The first-order chi connectivity index (χ1) is 23.6. The molecule has 1 fully saturated rings. The van der Waals surface area contributed by atoms with Gasteiger partial charge in [-0.3, -0.25) is 9.69 Å². The molecule has 50 heavy (non-hydrogen) atoms. The fourth-order valence-corrected chi connectivity index (χ4v) is 5.70. The van der Waals surface area contributed by atoms with Gasteiger partial charge in [-0.05, 0) is 74.1 Å². The van der Waals surface area contributed by atoms with Gasteiger partial charge in [0, 0.05) is 24.1 Å². The molecule has 13 heteroatoms. The van der Waals surface area contributed by atoms with E-state index in [0.29, 0.717) is 42.0 Å². The fourth-order valence-electron chi connectivity index (χ4n) is 5.70. The first kappa shape index (κ1) is 38.3. The third-order valence-electron chi connectivity index (χ3n) is 8.51. The maximum atomic E-state index is 13.9. The number of allylic oxidation sites excluding steroid dienone is 1. The molecular weight excluding hydrogens is 666 g/mol. The zero-order valence-electron chi connectivity index (χ0n) is 28.0. The van der Waals surface area contributed by atoms with Crippen molar-refractivity contribution in [2.45, 2.75) is 76.4 Å². The lowest BCUT2D eigenvalue weighted by molar-refractivity contribution is -0.376. The molecule has 0 spiro atoms. The molecule has 0 saturated carbocycles. The smallest absolute Gasteiger partial charge is 0.430 e. The second-order valence-corrected chi connectivity index (χ2v) is 12.2. The molecule has 7 nitrogen and oxygen atoms in total. The number of ether oxygens (including phenoxy) is 2. The van der Waals surface area contributed by atoms with Crippen LogP contribution in [0.3, 0.4) is 0 Å². The number of nitrogens with zero attached hydrogens (tertiary/aromatic N) is 1. The van der Waals surface area contributed by atoms with Crippen LogP contribution in [0.15, 0.2) is 72.8 Å². The van der Waals surface area contributed by atoms with Gasteiger partial charge in [0.25, 0.3) is 11.5 Å². The third kappa shape index (κ3) is 8.09. The van der Waals surface area contributed by atoms with E-state index in [1.807, 2.05) is 0 Å². The molecular formula is C37H40F6N2O5. The summed E-state index contributed by atoms with van der Waals surface area (Å²) >= 11 is 0. The highest BCUT2D eigenvalue weighted by Gasteiger charge is 2.71. The zero-order valence-corrected chi connectivity index (χ0v) is 28.0. The number of hydrogen-bond acceptors (Lipinski definition) is 5. The van der Waals surface area contributed by atoms with E-state index in [-0.39, 0.29) is 42.9 Å². The highest BCUT2D eigenvalue weighted by molar-refractivity contribution is 6.07. The van der Waals surface area contributed by atoms with E-state index in [2.05, 4.69) is 12.2 Å². The number of hydrogen-bond donors (Lipinski definition) is 2. The Balaban J connectivity index is 1.50. The standard InChI is InChI=1S/C37H40F6N2O5/c1-4-6-20-49-30-17-15-28(16-18-30)34(3)32(46)45(33(47)44-34)19-10-11-21-50-31-26(12-5-2)23-29(35(48,36(38,39)40)37(41,42)43)24-27(31)22-25-13-8-7-9-14-25/h5,7-9,12-18,23-24,48H,4,6,10-11,19-22H2,1-3H3,(H,44,47)/b12-5+. The molecule has 0 radical (unpaired) electrons. The summed E-state index contributed by atoms with van der Waals surface area (Å²) in [7, 11) is 0. The average Bonchev–Trinajstić information content (AvgIpc) is 3.28. The minimum Gasteiger partial charge on any atom is -0.494 e. The Kier molecular flexibility index (Phi) is 11.9. The number of amides is 3. The first-order valence-corrected chi connectivity index (χ1v) is 16.3. The van der Waals surface area contributed by atoms with Gasteiger partial charge in [0.2, 0.25) is 0 Å². The van der Waals surface area contributed by atoms with Crippen LogP contribution in [-0.2, 0) is 22.4 Å². The molecule has 270 valence electrons. The van der Waals surface area contributed by atoms with E-state index in [1.165, 1.54) is 19.1 Å². The molecule has 0 aromatic heterocycles. The van der Waals surface area contributed by atoms with Gasteiger partial charge in [-0.15, -0.1) is 0 Å². The van der Waals surface area contributed by atoms with Gasteiger partial charge < -0.3 is 19.9 Å². The minimum atomic E-state index is -6.06. The SMILES string of the molecule is C/C=C/c1cc(C(O)(C(F)(F)F)C(F)(F)F)cc(Cc2ccccc2)c1OCCCCN1C(=O)NC(C)(c2ccc(OCCCC)cc2)C1=O. The lowest BCUT2D eigenvalue weighted by atomic mass is 9.87. The summed E-state index contributed by atoms with van der Waals surface area (Å²) in [6.45, 7) is 5.78. The first-order valence-electron chi connectivity index (χ1n) is 16.3. The number of urea groups is 1. The molecule has 3 amide bonds. The highest BCUT2D eigenvalue weighted by atomic mass is 19.4. The van der Waals surface area contributed by atoms with Crippen LogP contribution in [0.5, 0.6) is 11.5 Å². The van der Waals surface area contributed by atoms with Crippen molar-refractivity contribution >= 4 is 18.0 Å². The zero-order chi connectivity index (χ0) is 36.7. The van der Waals surface area contributed by atoms with Crippen LogP contribution >= 0.6 is 0 Å². The Hall–Kier alpha value is -4.52. The van der Waals surface area contributed by atoms with Crippen LogP contribution in [-0.4, -0.2) is 54.1 Å². The lowest BCUT2D eigenvalue weighted by Crippen LogP contribution is -2.54. The van der Waals surface area contributed by atoms with Gasteiger partial charge in [0.05, 0.1) is 13.2 Å². The molecule has 0 aliphatic carbocycles. The fraction of sp³-hybridized carbons (Fsp3) is 0.405. The van der Waals surface area contributed by atoms with Crippen molar-refractivity contribution in [3.63, 3.8) is 0 Å². The molecule has 1 saturated heterocycles. The number of alkyl halides is 6. The second-order valence-electron chi connectivity index (χ2n) is 12.2. The van der Waals surface area contributed by atoms with Crippen molar-refractivity contribution in [3.8, 4) is 11.5 Å². The van der Waals surface area contributed by atoms with Crippen molar-refractivity contribution in [1.29, 1.82) is 0 Å². The Morgan fingerprint density at radius 2 is 1.52 bits per heavy atom. The van der Waals surface area contributed by atoms with Crippen molar-refractivity contribution in [3.05, 3.63) is 101 Å². The number of carbonyl (C=O) groups is 2. The number of halogens is 6. The second kappa shape index (κ2) is 15.6. The quantitative estimate of drug-likeness (QED) is 0.0942. The molecule has 0 bridgehead atoms. The van der Waals surface area contributed by atoms with Crippen molar-refractivity contribution in [2.75, 3.05) is 19.8 Å². The van der Waals surface area contributed by atoms with Crippen LogP contribution in [0.25, 0.3) is 6.08 Å². The van der Waals surface area contributed by atoms with Crippen LogP contribution in [0.4, 0.5) is 31.1 Å². The van der Waals surface area contributed by atoms with Gasteiger partial charge in [-0.1, -0.05) is 68.0 Å². The summed E-state index contributed by atoms with van der Waals surface area (Å²) < 4.78 is 94.9. The van der Waals surface area contributed by atoms with E-state index in [4.69, 9.17) is 9.47 Å². The van der Waals surface area contributed by atoms with Crippen LogP contribution < -0.4 is 14.8 Å². The predicted octanol–water partition coefficient (Wildman–Crippen LogP) is 8.43. The number of carbonyl (C=O) groups excluding carboxylic acids is 2. The van der Waals surface area contributed by atoms with E-state index in [1.54, 1.807) is 61.5 Å². The number of imide groups is 1. The van der Waals surface area contributed by atoms with Gasteiger partial charge in [0.1, 0.15) is 17.0 Å². The summed E-state index contributed by atoms with van der Waals surface area (Å²) in [5.41, 5.74) is -6.72. The van der Waals surface area contributed by atoms with Crippen molar-refractivity contribution in [2.24, 2.45) is 0 Å². The highest BCUT2D eigenvalue weighted by Crippen LogP contribution is 2.51. The monoisotopic (exact) mass is 706 g/mol. The molecule has 1 aliphatic rings. The summed E-state index contributed by atoms with van der Waals surface area (Å²) in [5.74, 6) is 0.253. The van der Waals surface area contributed by atoms with Gasteiger partial charge in [-0.25, -0.2) is 4.79 Å². The van der Waals surface area contributed by atoms with E-state index < -0.39 is 41.0 Å². The van der Waals surface area contributed by atoms with E-state index in [0.717, 1.165) is 17.7 Å². The third-order valence-corrected chi connectivity index (χ3v) is 8.51. The molecule has 1 heterocycles. The lowest BCUT2D eigenvalue weighted by Gasteiger charge is -2.33. The van der Waals surface area contributed by atoms with Crippen molar-refractivity contribution in [1.82, 2.24) is 10.2 Å². The molecule has 1 aliphatic heterocycles. The van der Waals surface area contributed by atoms with Crippen LogP contribution in [0.2, 0.25) is 0 Å². The number of rotatable bonds is 15. The van der Waals surface area contributed by atoms with Crippen LogP contribution in [0, 0.1) is 0 Å². The largest absolute Gasteiger partial charge is 0.494 e. The van der Waals surface area contributed by atoms with Gasteiger partial charge in [0.15, 0.2) is 0 Å². The Bertz CT molecular complexity index is 1640. The maximum absolute atomic E-state index is 13.9. The average molecular weight is 707 g/mol. The molecule has 1 unspecified atom stereocenters. The predicted molar refractivity (Wildman–Crippen MR) is 176 cm³/mol. The van der Waals surface area contributed by atoms with Crippen molar-refractivity contribution < 1.29 is 50.5 Å². The molecule has 2 N–H and O–H groups in total. The van der Waals surface area contributed by atoms with E-state index in [9.17, 15) is 41.0 Å². The molecule has 3 aromatic carbocycles. The van der Waals surface area contributed by atoms with Crippen LogP contribution in [0.1, 0.15) is 74.3 Å². The topological polar surface area (TPSA) is 88.1 Å². The Labute approximate surface area is 286 Å². The number of aliphatic hydroxyl groups is 1. The molecule has 4 rings (SSSR count). The molecule has 3 aromatic rings.